The van der Waals surface area contributed by atoms with Gasteiger partial charge in [0.25, 0.3) is 0 Å². The first-order valence-corrected chi connectivity index (χ1v) is 5.51. The Hall–Kier alpha value is -1.34. The molecule has 0 unspecified atom stereocenters. The van der Waals surface area contributed by atoms with Gasteiger partial charge in [-0.15, -0.1) is 0 Å². The molecule has 70 valence electrons. The summed E-state index contributed by atoms with van der Waals surface area (Å²) >= 11 is 1.73. The lowest BCUT2D eigenvalue weighted by Crippen LogP contribution is -1.81. The van der Waals surface area contributed by atoms with Crippen molar-refractivity contribution in [1.29, 1.82) is 0 Å². The molecule has 0 saturated heterocycles. The Labute approximate surface area is 88.5 Å². The van der Waals surface area contributed by atoms with E-state index in [4.69, 9.17) is 0 Å². The van der Waals surface area contributed by atoms with Gasteiger partial charge in [-0.05, 0) is 46.0 Å². The minimum absolute atomic E-state index is 1.21. The molecule has 14 heavy (non-hydrogen) atoms. The Morgan fingerprint density at radius 2 is 2.07 bits per heavy atom. The van der Waals surface area contributed by atoms with Crippen molar-refractivity contribution in [1.82, 2.24) is 0 Å². The molecule has 0 nitrogen and oxygen atoms in total. The highest BCUT2D eigenvalue weighted by Crippen LogP contribution is 2.24. The first-order valence-electron chi connectivity index (χ1n) is 4.57. The van der Waals surface area contributed by atoms with Crippen molar-refractivity contribution in [3.05, 3.63) is 52.7 Å². The molecule has 0 aliphatic rings. The summed E-state index contributed by atoms with van der Waals surface area (Å²) in [5, 5.41) is 4.27. The monoisotopic (exact) mass is 200 g/mol. The minimum atomic E-state index is 1.21. The van der Waals surface area contributed by atoms with Gasteiger partial charge in [0, 0.05) is 0 Å². The molecule has 2 rings (SSSR count). The molecule has 1 heteroatoms. The third kappa shape index (κ3) is 1.64. The highest BCUT2D eigenvalue weighted by atomic mass is 32.1. The molecular weight excluding hydrogens is 188 g/mol. The average Bonchev–Trinajstić information content (AvgIpc) is 2.70. The lowest BCUT2D eigenvalue weighted by atomic mass is 10.0. The van der Waals surface area contributed by atoms with Crippen molar-refractivity contribution >= 4 is 17.4 Å². The highest BCUT2D eigenvalue weighted by Gasteiger charge is 1.99. The summed E-state index contributed by atoms with van der Waals surface area (Å²) < 4.78 is 0. The summed E-state index contributed by atoms with van der Waals surface area (Å²) in [7, 11) is 0. The second kappa shape index (κ2) is 3.81. The third-order valence-electron chi connectivity index (χ3n) is 2.34. The number of rotatable bonds is 2. The van der Waals surface area contributed by atoms with Gasteiger partial charge in [-0.25, -0.2) is 0 Å². The number of hydrogen-bond donors (Lipinski definition) is 0. The fourth-order valence-corrected chi connectivity index (χ4v) is 2.18. The predicted molar refractivity (Wildman–Crippen MR) is 64.6 cm³/mol. The SMILES string of the molecule is C=Cc1ccc(-c2ccsc2)cc1C. The zero-order valence-corrected chi connectivity index (χ0v) is 8.97. The second-order valence-electron chi connectivity index (χ2n) is 3.29. The summed E-state index contributed by atoms with van der Waals surface area (Å²) in [5.41, 5.74) is 5.08. The van der Waals surface area contributed by atoms with E-state index in [2.05, 4.69) is 48.5 Å². The van der Waals surface area contributed by atoms with Crippen LogP contribution in [0.2, 0.25) is 0 Å². The van der Waals surface area contributed by atoms with Crippen LogP contribution in [0.1, 0.15) is 11.1 Å². The van der Waals surface area contributed by atoms with Crippen LogP contribution in [0, 0.1) is 6.92 Å². The number of aryl methyl sites for hydroxylation is 1. The predicted octanol–water partition coefficient (Wildman–Crippen LogP) is 4.37. The quantitative estimate of drug-likeness (QED) is 0.675. The summed E-state index contributed by atoms with van der Waals surface area (Å²) in [6.45, 7) is 5.90. The Morgan fingerprint density at radius 3 is 2.64 bits per heavy atom. The molecule has 0 atom stereocenters. The largest absolute Gasteiger partial charge is 0.152 e. The highest BCUT2D eigenvalue weighted by molar-refractivity contribution is 7.08. The van der Waals surface area contributed by atoms with E-state index in [1.165, 1.54) is 22.3 Å². The van der Waals surface area contributed by atoms with Crippen LogP contribution < -0.4 is 0 Å². The smallest absolute Gasteiger partial charge is 0.00147 e. The zero-order chi connectivity index (χ0) is 9.97. The van der Waals surface area contributed by atoms with E-state index in [-0.39, 0.29) is 0 Å². The summed E-state index contributed by atoms with van der Waals surface area (Å²) in [5.74, 6) is 0. The van der Waals surface area contributed by atoms with Crippen molar-refractivity contribution in [2.24, 2.45) is 0 Å². The maximum atomic E-state index is 3.79. The van der Waals surface area contributed by atoms with Crippen molar-refractivity contribution in [3.63, 3.8) is 0 Å². The van der Waals surface area contributed by atoms with Gasteiger partial charge in [-0.2, -0.15) is 11.3 Å². The summed E-state index contributed by atoms with van der Waals surface area (Å²) in [4.78, 5) is 0. The van der Waals surface area contributed by atoms with Gasteiger partial charge < -0.3 is 0 Å². The lowest BCUT2D eigenvalue weighted by molar-refractivity contribution is 1.44. The molecule has 0 N–H and O–H groups in total. The van der Waals surface area contributed by atoms with E-state index < -0.39 is 0 Å². The van der Waals surface area contributed by atoms with E-state index in [0.717, 1.165) is 0 Å². The Kier molecular flexibility index (Phi) is 2.51. The zero-order valence-electron chi connectivity index (χ0n) is 8.16. The van der Waals surface area contributed by atoms with Crippen molar-refractivity contribution in [3.8, 4) is 11.1 Å². The fraction of sp³-hybridized carbons (Fsp3) is 0.0769. The van der Waals surface area contributed by atoms with Gasteiger partial charge in [0.1, 0.15) is 0 Å². The Bertz CT molecular complexity index is 438. The average molecular weight is 200 g/mol. The van der Waals surface area contributed by atoms with E-state index in [9.17, 15) is 0 Å². The van der Waals surface area contributed by atoms with Gasteiger partial charge in [-0.1, -0.05) is 30.9 Å². The number of hydrogen-bond acceptors (Lipinski definition) is 1. The fourth-order valence-electron chi connectivity index (χ4n) is 1.51. The van der Waals surface area contributed by atoms with E-state index in [1.807, 2.05) is 6.08 Å². The Morgan fingerprint density at radius 1 is 1.21 bits per heavy atom. The van der Waals surface area contributed by atoms with E-state index in [0.29, 0.717) is 0 Å². The first kappa shape index (κ1) is 9.22. The molecular formula is C13H12S. The summed E-state index contributed by atoms with van der Waals surface area (Å²) in [6.07, 6.45) is 1.90. The molecule has 0 bridgehead atoms. The number of benzene rings is 1. The maximum Gasteiger partial charge on any atom is -0.00147 e. The van der Waals surface area contributed by atoms with Crippen molar-refractivity contribution < 1.29 is 0 Å². The molecule has 0 aliphatic carbocycles. The molecule has 1 aromatic carbocycles. The van der Waals surface area contributed by atoms with Crippen LogP contribution in [0.15, 0.2) is 41.6 Å². The van der Waals surface area contributed by atoms with Crippen LogP contribution in [0.3, 0.4) is 0 Å². The number of thiophene rings is 1. The lowest BCUT2D eigenvalue weighted by Gasteiger charge is -2.03. The summed E-state index contributed by atoms with van der Waals surface area (Å²) in [6, 6.07) is 8.62. The van der Waals surface area contributed by atoms with Crippen LogP contribution in [-0.4, -0.2) is 0 Å². The van der Waals surface area contributed by atoms with Crippen LogP contribution in [0.4, 0.5) is 0 Å². The molecule has 0 fully saturated rings. The van der Waals surface area contributed by atoms with Gasteiger partial charge >= 0.3 is 0 Å². The van der Waals surface area contributed by atoms with E-state index >= 15 is 0 Å². The Balaban J connectivity index is 2.48. The van der Waals surface area contributed by atoms with Crippen molar-refractivity contribution in [2.45, 2.75) is 6.92 Å². The first-order chi connectivity index (χ1) is 6.81. The molecule has 0 spiro atoms. The topological polar surface area (TPSA) is 0 Å². The molecule has 1 heterocycles. The third-order valence-corrected chi connectivity index (χ3v) is 3.03. The van der Waals surface area contributed by atoms with Gasteiger partial charge in [0.15, 0.2) is 0 Å². The maximum absolute atomic E-state index is 3.79. The van der Waals surface area contributed by atoms with E-state index in [1.54, 1.807) is 11.3 Å². The standard InChI is InChI=1S/C13H12S/c1-3-11-4-5-12(8-10(11)2)13-6-7-14-9-13/h3-9H,1H2,2H3. The second-order valence-corrected chi connectivity index (χ2v) is 4.07. The van der Waals surface area contributed by atoms with Crippen LogP contribution in [-0.2, 0) is 0 Å². The van der Waals surface area contributed by atoms with Crippen molar-refractivity contribution in [2.75, 3.05) is 0 Å². The van der Waals surface area contributed by atoms with Gasteiger partial charge in [0.2, 0.25) is 0 Å². The molecule has 0 amide bonds. The molecule has 0 radical (unpaired) electrons. The van der Waals surface area contributed by atoms with Crippen LogP contribution in [0.5, 0.6) is 0 Å². The molecule has 0 saturated carbocycles. The molecule has 0 aliphatic heterocycles. The minimum Gasteiger partial charge on any atom is -0.152 e. The molecule has 2 aromatic rings. The van der Waals surface area contributed by atoms with Crippen LogP contribution in [0.25, 0.3) is 17.2 Å². The molecule has 1 aromatic heterocycles. The normalized spacial score (nSPS) is 10.1. The van der Waals surface area contributed by atoms with Crippen LogP contribution >= 0.6 is 11.3 Å². The van der Waals surface area contributed by atoms with Gasteiger partial charge in [0.05, 0.1) is 0 Å². The van der Waals surface area contributed by atoms with Gasteiger partial charge in [-0.3, -0.25) is 0 Å².